The lowest BCUT2D eigenvalue weighted by molar-refractivity contribution is 0.557. The summed E-state index contributed by atoms with van der Waals surface area (Å²) in [6.07, 6.45) is 0.475. The van der Waals surface area contributed by atoms with Gasteiger partial charge < -0.3 is 4.90 Å². The lowest BCUT2D eigenvalue weighted by Gasteiger charge is -2.13. The van der Waals surface area contributed by atoms with Gasteiger partial charge in [0.1, 0.15) is 5.84 Å². The van der Waals surface area contributed by atoms with E-state index < -0.39 is 0 Å². The second kappa shape index (κ2) is 4.14. The zero-order valence-corrected chi connectivity index (χ0v) is 8.77. The van der Waals surface area contributed by atoms with Gasteiger partial charge in [-0.2, -0.15) is 5.26 Å². The van der Waals surface area contributed by atoms with Crippen molar-refractivity contribution >= 4 is 5.84 Å². The molecule has 0 amide bonds. The molecule has 0 bridgehead atoms. The third kappa shape index (κ3) is 1.99. The summed E-state index contributed by atoms with van der Waals surface area (Å²) in [5, 5.41) is 8.56. The average Bonchev–Trinajstić information content (AvgIpc) is 2.66. The van der Waals surface area contributed by atoms with Crippen molar-refractivity contribution in [2.45, 2.75) is 6.42 Å². The summed E-state index contributed by atoms with van der Waals surface area (Å²) < 4.78 is 0. The Hall–Kier alpha value is -1.82. The summed E-state index contributed by atoms with van der Waals surface area (Å²) in [7, 11) is 2.05. The minimum atomic E-state index is 0.475. The van der Waals surface area contributed by atoms with Crippen molar-refractivity contribution in [3.8, 4) is 6.07 Å². The van der Waals surface area contributed by atoms with Crippen molar-refractivity contribution < 1.29 is 0 Å². The van der Waals surface area contributed by atoms with Crippen molar-refractivity contribution in [2.75, 3.05) is 20.1 Å². The second-order valence-corrected chi connectivity index (χ2v) is 3.66. The van der Waals surface area contributed by atoms with E-state index in [0.29, 0.717) is 6.42 Å². The molecule has 0 aliphatic carbocycles. The van der Waals surface area contributed by atoms with Crippen LogP contribution in [0.4, 0.5) is 0 Å². The highest BCUT2D eigenvalue weighted by atomic mass is 15.2. The monoisotopic (exact) mass is 199 g/mol. The van der Waals surface area contributed by atoms with Crippen LogP contribution in [0.1, 0.15) is 11.1 Å². The first-order valence-corrected chi connectivity index (χ1v) is 5.03. The molecule has 0 saturated heterocycles. The molecule has 2 rings (SSSR count). The summed E-state index contributed by atoms with van der Waals surface area (Å²) in [4.78, 5) is 6.59. The predicted octanol–water partition coefficient (Wildman–Crippen LogP) is 1.44. The van der Waals surface area contributed by atoms with Crippen LogP contribution >= 0.6 is 0 Å². The number of rotatable bonds is 2. The summed E-state index contributed by atoms with van der Waals surface area (Å²) in [5.74, 6) is 1.05. The molecule has 1 aliphatic heterocycles. The van der Waals surface area contributed by atoms with Crippen LogP contribution in [0.3, 0.4) is 0 Å². The van der Waals surface area contributed by atoms with Crippen LogP contribution in [0, 0.1) is 11.3 Å². The van der Waals surface area contributed by atoms with Gasteiger partial charge in [0.15, 0.2) is 0 Å². The molecule has 0 aromatic heterocycles. The van der Waals surface area contributed by atoms with Gasteiger partial charge >= 0.3 is 0 Å². The Labute approximate surface area is 89.7 Å². The average molecular weight is 199 g/mol. The van der Waals surface area contributed by atoms with E-state index in [1.165, 1.54) is 0 Å². The minimum absolute atomic E-state index is 0.475. The Bertz CT molecular complexity index is 411. The van der Waals surface area contributed by atoms with Gasteiger partial charge in [0.25, 0.3) is 0 Å². The molecule has 0 N–H and O–H groups in total. The summed E-state index contributed by atoms with van der Waals surface area (Å²) in [5.41, 5.74) is 2.19. The van der Waals surface area contributed by atoms with Crippen LogP contribution < -0.4 is 0 Å². The van der Waals surface area contributed by atoms with Crippen molar-refractivity contribution in [1.82, 2.24) is 4.90 Å². The van der Waals surface area contributed by atoms with Crippen LogP contribution in [-0.4, -0.2) is 30.9 Å². The summed E-state index contributed by atoms with van der Waals surface area (Å²) >= 11 is 0. The molecule has 76 valence electrons. The Morgan fingerprint density at radius 3 is 2.67 bits per heavy atom. The van der Waals surface area contributed by atoms with E-state index in [0.717, 1.165) is 30.1 Å². The predicted molar refractivity (Wildman–Crippen MR) is 59.8 cm³/mol. The van der Waals surface area contributed by atoms with Crippen LogP contribution in [0.25, 0.3) is 0 Å². The maximum atomic E-state index is 8.56. The Morgan fingerprint density at radius 1 is 1.40 bits per heavy atom. The Morgan fingerprint density at radius 2 is 2.13 bits per heavy atom. The van der Waals surface area contributed by atoms with Gasteiger partial charge in [0, 0.05) is 19.2 Å². The van der Waals surface area contributed by atoms with E-state index in [1.54, 1.807) is 0 Å². The smallest absolute Gasteiger partial charge is 0.130 e. The molecule has 0 atom stereocenters. The molecule has 0 radical (unpaired) electrons. The van der Waals surface area contributed by atoms with Crippen molar-refractivity contribution in [3.63, 3.8) is 0 Å². The Balaban J connectivity index is 2.21. The van der Waals surface area contributed by atoms with Crippen LogP contribution in [0.5, 0.6) is 0 Å². The lowest BCUT2D eigenvalue weighted by Crippen LogP contribution is -2.23. The Kier molecular flexibility index (Phi) is 2.68. The van der Waals surface area contributed by atoms with Crippen LogP contribution in [0.15, 0.2) is 29.3 Å². The van der Waals surface area contributed by atoms with Crippen molar-refractivity contribution in [1.29, 1.82) is 5.26 Å². The molecule has 0 saturated carbocycles. The number of hydrogen-bond acceptors (Lipinski definition) is 3. The number of benzene rings is 1. The standard InChI is InChI=1S/C12H13N3/c1-15-9-8-14-12(15)11-4-2-10(3-5-11)6-7-13/h2-5H,6,8-9H2,1H3. The van der Waals surface area contributed by atoms with E-state index in [1.807, 2.05) is 24.3 Å². The first-order valence-electron chi connectivity index (χ1n) is 5.03. The SMILES string of the molecule is CN1CCN=C1c1ccc(CC#N)cc1. The molecule has 15 heavy (non-hydrogen) atoms. The largest absolute Gasteiger partial charge is 0.358 e. The number of hydrogen-bond donors (Lipinski definition) is 0. The van der Waals surface area contributed by atoms with Crippen LogP contribution in [-0.2, 0) is 6.42 Å². The first-order chi connectivity index (χ1) is 7.31. The van der Waals surface area contributed by atoms with Gasteiger partial charge in [-0.25, -0.2) is 0 Å². The summed E-state index contributed by atoms with van der Waals surface area (Å²) in [6, 6.07) is 10.2. The molecule has 1 aromatic rings. The molecule has 0 fully saturated rings. The maximum Gasteiger partial charge on any atom is 0.130 e. The third-order valence-electron chi connectivity index (χ3n) is 2.55. The fourth-order valence-corrected chi connectivity index (χ4v) is 1.71. The van der Waals surface area contributed by atoms with Gasteiger partial charge in [-0.15, -0.1) is 0 Å². The topological polar surface area (TPSA) is 39.4 Å². The zero-order valence-electron chi connectivity index (χ0n) is 8.77. The molecular formula is C12H13N3. The quantitative estimate of drug-likeness (QED) is 0.723. The molecule has 0 spiro atoms. The van der Waals surface area contributed by atoms with Gasteiger partial charge in [-0.1, -0.05) is 24.3 Å². The number of nitrogens with zero attached hydrogens (tertiary/aromatic N) is 3. The summed E-state index contributed by atoms with van der Waals surface area (Å²) in [6.45, 7) is 1.88. The van der Waals surface area contributed by atoms with Gasteiger partial charge in [-0.05, 0) is 5.56 Å². The van der Waals surface area contributed by atoms with Crippen molar-refractivity contribution in [3.05, 3.63) is 35.4 Å². The third-order valence-corrected chi connectivity index (χ3v) is 2.55. The zero-order chi connectivity index (χ0) is 10.7. The normalized spacial score (nSPS) is 14.9. The fourth-order valence-electron chi connectivity index (χ4n) is 1.71. The molecule has 3 nitrogen and oxygen atoms in total. The van der Waals surface area contributed by atoms with Crippen LogP contribution in [0.2, 0.25) is 0 Å². The molecular weight excluding hydrogens is 186 g/mol. The van der Waals surface area contributed by atoms with E-state index >= 15 is 0 Å². The molecule has 1 aromatic carbocycles. The first kappa shape index (κ1) is 9.72. The van der Waals surface area contributed by atoms with E-state index in [9.17, 15) is 0 Å². The van der Waals surface area contributed by atoms with E-state index in [4.69, 9.17) is 5.26 Å². The number of amidine groups is 1. The second-order valence-electron chi connectivity index (χ2n) is 3.66. The number of likely N-dealkylation sites (N-methyl/N-ethyl adjacent to an activating group) is 1. The van der Waals surface area contributed by atoms with E-state index in [-0.39, 0.29) is 0 Å². The molecule has 1 aliphatic rings. The fraction of sp³-hybridized carbons (Fsp3) is 0.333. The number of nitriles is 1. The van der Waals surface area contributed by atoms with Gasteiger partial charge in [0.05, 0.1) is 19.0 Å². The number of aliphatic imine (C=N–C) groups is 1. The highest BCUT2D eigenvalue weighted by Gasteiger charge is 2.13. The van der Waals surface area contributed by atoms with E-state index in [2.05, 4.69) is 23.0 Å². The highest BCUT2D eigenvalue weighted by Crippen LogP contribution is 2.11. The minimum Gasteiger partial charge on any atom is -0.358 e. The molecule has 3 heteroatoms. The molecule has 0 unspecified atom stereocenters. The molecule has 1 heterocycles. The van der Waals surface area contributed by atoms with Crippen molar-refractivity contribution in [2.24, 2.45) is 4.99 Å². The highest BCUT2D eigenvalue weighted by molar-refractivity contribution is 5.99. The lowest BCUT2D eigenvalue weighted by atomic mass is 10.1. The van der Waals surface area contributed by atoms with Gasteiger partial charge in [-0.3, -0.25) is 4.99 Å². The van der Waals surface area contributed by atoms with Gasteiger partial charge in [0.2, 0.25) is 0 Å². The maximum absolute atomic E-state index is 8.56.